The monoisotopic (exact) mass is 495 g/mol. The van der Waals surface area contributed by atoms with Crippen molar-refractivity contribution in [2.75, 3.05) is 0 Å². The van der Waals surface area contributed by atoms with Crippen LogP contribution in [0.1, 0.15) is 12.5 Å². The molecule has 0 aromatic heterocycles. The number of nitrogens with one attached hydrogen (secondary N) is 1. The molecule has 0 saturated heterocycles. The van der Waals surface area contributed by atoms with Gasteiger partial charge in [0.25, 0.3) is 0 Å². The second-order valence-electron chi connectivity index (χ2n) is 6.15. The summed E-state index contributed by atoms with van der Waals surface area (Å²) in [5.41, 5.74) is 8.70. The van der Waals surface area contributed by atoms with Crippen molar-refractivity contribution in [3.05, 3.63) is 23.4 Å². The first kappa shape index (κ1) is 23.2. The molecule has 0 aliphatic rings. The Morgan fingerprint density at radius 1 is 1.13 bits per heavy atom. The molecule has 114 valence electrons. The maximum atomic E-state index is 11.0. The minimum absolute atomic E-state index is 0. The van der Waals surface area contributed by atoms with Crippen LogP contribution in [0.4, 0.5) is 9.59 Å². The van der Waals surface area contributed by atoms with E-state index in [1.807, 2.05) is 0 Å². The first-order valence-electron chi connectivity index (χ1n) is 6.83. The van der Waals surface area contributed by atoms with E-state index in [1.165, 1.54) is 0 Å². The number of hydrogen-bond donors (Lipinski definition) is 0. The van der Waals surface area contributed by atoms with Crippen molar-refractivity contribution in [2.45, 2.75) is 34.2 Å². The molecular formula is C14H18B2NO4SnY+2. The largest absolute Gasteiger partial charge is 3.00 e. The summed E-state index contributed by atoms with van der Waals surface area (Å²) in [6, 6.07) is 3.00. The van der Waals surface area contributed by atoms with Gasteiger partial charge in [-0.05, 0) is 0 Å². The third-order valence-corrected chi connectivity index (χ3v) is 8.87. The zero-order valence-corrected chi connectivity index (χ0v) is 19.5. The summed E-state index contributed by atoms with van der Waals surface area (Å²) in [6.07, 6.45) is 0.509. The van der Waals surface area contributed by atoms with Crippen LogP contribution >= 0.6 is 0 Å². The molecular weight excluding hydrogens is 475 g/mol. The SMILES string of the molecule is [B]C(=O)Oc1cc(CC(C)[NH-])[c]([Sn]([CH3])([CH3])[CH3])cc1OC([B])=O.[Y+3]. The Morgan fingerprint density at radius 2 is 1.57 bits per heavy atom. The molecule has 0 spiro atoms. The summed E-state index contributed by atoms with van der Waals surface area (Å²) in [4.78, 5) is 28.7. The fraction of sp³-hybridized carbons (Fsp3) is 0.429. The molecule has 0 bridgehead atoms. The fourth-order valence-corrected chi connectivity index (χ4v) is 7.03. The van der Waals surface area contributed by atoms with E-state index in [9.17, 15) is 9.59 Å². The fourth-order valence-electron chi connectivity index (χ4n) is 2.18. The van der Waals surface area contributed by atoms with Crippen LogP contribution < -0.4 is 13.1 Å². The van der Waals surface area contributed by atoms with Gasteiger partial charge in [0, 0.05) is 0 Å². The maximum absolute atomic E-state index is 11.0. The van der Waals surface area contributed by atoms with Gasteiger partial charge in [-0.25, -0.2) is 0 Å². The van der Waals surface area contributed by atoms with Gasteiger partial charge in [-0.2, -0.15) is 0 Å². The van der Waals surface area contributed by atoms with Crippen LogP contribution in [-0.4, -0.2) is 51.8 Å². The van der Waals surface area contributed by atoms with E-state index in [0.29, 0.717) is 6.42 Å². The van der Waals surface area contributed by atoms with Gasteiger partial charge in [-0.3, -0.25) is 0 Å². The van der Waals surface area contributed by atoms with Crippen LogP contribution in [0.2, 0.25) is 14.8 Å². The quantitative estimate of drug-likeness (QED) is 0.591. The third kappa shape index (κ3) is 7.71. The summed E-state index contributed by atoms with van der Waals surface area (Å²) >= 11 is -2.55. The van der Waals surface area contributed by atoms with E-state index >= 15 is 0 Å². The van der Waals surface area contributed by atoms with Crippen molar-refractivity contribution in [3.8, 4) is 11.5 Å². The molecule has 5 nitrogen and oxygen atoms in total. The standard InChI is InChI=1S/C11H9B2NO4.3CH3.Sn.Y/c1-6(14)4-7-2-3-8(17-10(12)15)9(5-7)18-11(13)16;;;;;/h3,5-6,14H,4H2,1H3;3*1H3;;/q-1;;;;;+3. The van der Waals surface area contributed by atoms with Gasteiger partial charge in [0.1, 0.15) is 0 Å². The molecule has 1 aromatic carbocycles. The first-order chi connectivity index (χ1) is 10.0. The van der Waals surface area contributed by atoms with Crippen LogP contribution in [0.15, 0.2) is 12.1 Å². The molecule has 1 N–H and O–H groups in total. The number of benzene rings is 1. The van der Waals surface area contributed by atoms with Crippen molar-refractivity contribution in [1.29, 1.82) is 0 Å². The number of hydrogen-bond acceptors (Lipinski definition) is 4. The second-order valence-corrected chi connectivity index (χ2v) is 20.5. The van der Waals surface area contributed by atoms with E-state index in [1.54, 1.807) is 19.1 Å². The topological polar surface area (TPSA) is 76.4 Å². The van der Waals surface area contributed by atoms with Gasteiger partial charge >= 0.3 is 170 Å². The van der Waals surface area contributed by atoms with E-state index in [2.05, 4.69) is 14.8 Å². The molecule has 0 aliphatic heterocycles. The Kier molecular flexibility index (Phi) is 9.65. The van der Waals surface area contributed by atoms with Crippen LogP contribution in [0, 0.1) is 0 Å². The summed E-state index contributed by atoms with van der Waals surface area (Å²) < 4.78 is 10.9. The van der Waals surface area contributed by atoms with Crippen molar-refractivity contribution in [2.24, 2.45) is 0 Å². The average molecular weight is 494 g/mol. The maximum Gasteiger partial charge on any atom is 3.00 e. The van der Waals surface area contributed by atoms with Gasteiger partial charge in [-0.1, -0.05) is 0 Å². The predicted molar refractivity (Wildman–Crippen MR) is 90.5 cm³/mol. The molecule has 1 rings (SSSR count). The molecule has 23 heavy (non-hydrogen) atoms. The number of carbonyl (C=O) groups excluding carboxylic acids is 2. The molecule has 1 unspecified atom stereocenters. The zero-order valence-electron chi connectivity index (χ0n) is 13.8. The van der Waals surface area contributed by atoms with Crippen LogP contribution in [0.3, 0.4) is 0 Å². The Labute approximate surface area is 169 Å². The van der Waals surface area contributed by atoms with E-state index in [4.69, 9.17) is 30.9 Å². The summed E-state index contributed by atoms with van der Waals surface area (Å²) in [5, 5.41) is 0. The minimum Gasteiger partial charge on any atom is 3.00 e. The van der Waals surface area contributed by atoms with Crippen LogP contribution in [-0.2, 0) is 39.1 Å². The minimum atomic E-state index is -2.55. The van der Waals surface area contributed by atoms with Crippen molar-refractivity contribution in [3.63, 3.8) is 0 Å². The summed E-state index contributed by atoms with van der Waals surface area (Å²) in [6.45, 7) is 1.78. The van der Waals surface area contributed by atoms with Crippen molar-refractivity contribution in [1.82, 2.24) is 0 Å². The van der Waals surface area contributed by atoms with Gasteiger partial charge in [-0.15, -0.1) is 0 Å². The molecule has 0 saturated carbocycles. The first-order valence-corrected chi connectivity index (χ1v) is 16.8. The van der Waals surface area contributed by atoms with Crippen LogP contribution in [0.5, 0.6) is 11.5 Å². The molecule has 0 heterocycles. The molecule has 1 atom stereocenters. The van der Waals surface area contributed by atoms with Crippen LogP contribution in [0.25, 0.3) is 5.73 Å². The molecule has 0 amide bonds. The Balaban J connectivity index is 0.00000484. The van der Waals surface area contributed by atoms with Gasteiger partial charge < -0.3 is 0 Å². The molecule has 9 heteroatoms. The second kappa shape index (κ2) is 9.59. The van der Waals surface area contributed by atoms with E-state index < -0.39 is 30.1 Å². The predicted octanol–water partition coefficient (Wildman–Crippen LogP) is 2.55. The van der Waals surface area contributed by atoms with Crippen molar-refractivity contribution >= 4 is 49.4 Å². The number of rotatable bonds is 5. The van der Waals surface area contributed by atoms with E-state index in [0.717, 1.165) is 9.14 Å². The van der Waals surface area contributed by atoms with Gasteiger partial charge in [0.2, 0.25) is 0 Å². The molecule has 0 aliphatic carbocycles. The molecule has 0 fully saturated rings. The Bertz CT molecular complexity index is 591. The molecule has 4 radical (unpaired) electrons. The van der Waals surface area contributed by atoms with Crippen molar-refractivity contribution < 1.29 is 51.8 Å². The summed E-state index contributed by atoms with van der Waals surface area (Å²) in [7, 11) is 10.1. The summed E-state index contributed by atoms with van der Waals surface area (Å²) in [5.74, 6) is -1.88. The smallest absolute Gasteiger partial charge is 3.00 e. The Hall–Kier alpha value is 0.152. The van der Waals surface area contributed by atoms with E-state index in [-0.39, 0.29) is 50.3 Å². The molecule has 1 aromatic rings. The number of carbonyl (C=O) groups is 2. The Morgan fingerprint density at radius 3 is 1.91 bits per heavy atom. The number of ether oxygens (including phenoxy) is 2. The zero-order chi connectivity index (χ0) is 17.1. The third-order valence-electron chi connectivity index (χ3n) is 2.92. The van der Waals surface area contributed by atoms with Gasteiger partial charge in [0.05, 0.1) is 0 Å². The average Bonchev–Trinajstić information content (AvgIpc) is 2.28. The normalized spacial score (nSPS) is 12.0. The van der Waals surface area contributed by atoms with Gasteiger partial charge in [0.15, 0.2) is 0 Å².